The highest BCUT2D eigenvalue weighted by Gasteiger charge is 2.24. The lowest BCUT2D eigenvalue weighted by molar-refractivity contribution is -0.121. The number of amides is 1. The van der Waals surface area contributed by atoms with Crippen LogP contribution in [-0.4, -0.2) is 38.4 Å². The number of aliphatic hydroxyl groups excluding tert-OH is 1. The molecular formula is C20H30N4O3. The minimum absolute atomic E-state index is 0.0382. The van der Waals surface area contributed by atoms with Crippen LogP contribution in [-0.2, 0) is 18.3 Å². The molecule has 0 radical (unpaired) electrons. The maximum Gasteiger partial charge on any atom is 0.253 e. The van der Waals surface area contributed by atoms with Gasteiger partial charge in [-0.1, -0.05) is 6.42 Å². The highest BCUT2D eigenvalue weighted by atomic mass is 16.3. The number of H-pyrrole nitrogens is 1. The molecule has 7 heteroatoms. The third-order valence-corrected chi connectivity index (χ3v) is 5.85. The van der Waals surface area contributed by atoms with Gasteiger partial charge in [0.15, 0.2) is 0 Å². The van der Waals surface area contributed by atoms with Gasteiger partial charge in [-0.15, -0.1) is 0 Å². The standard InChI is InChI=1S/C20H30N4O3/c1-12-15(20(27)22-19-18(12)13(2)23-24(19)3)9-10-17(26)21-11-5-7-14-6-4-8-16(14)25/h14,16,25H,4-11H2,1-3H3,(H,21,26)(H,22,27)/t14-,16+/m0/s1. The number of carbonyl (C=O) groups is 1. The van der Waals surface area contributed by atoms with Crippen LogP contribution < -0.4 is 10.9 Å². The molecule has 148 valence electrons. The first-order valence-electron chi connectivity index (χ1n) is 9.88. The Balaban J connectivity index is 1.53. The zero-order chi connectivity index (χ0) is 19.6. The van der Waals surface area contributed by atoms with Crippen LogP contribution in [0.25, 0.3) is 11.0 Å². The number of carbonyl (C=O) groups excluding carboxylic acids is 1. The van der Waals surface area contributed by atoms with E-state index in [0.29, 0.717) is 30.9 Å². The average molecular weight is 374 g/mol. The molecule has 0 bridgehead atoms. The third kappa shape index (κ3) is 4.24. The van der Waals surface area contributed by atoms with E-state index in [2.05, 4.69) is 15.4 Å². The minimum Gasteiger partial charge on any atom is -0.393 e. The van der Waals surface area contributed by atoms with E-state index >= 15 is 0 Å². The van der Waals surface area contributed by atoms with E-state index in [1.165, 1.54) is 0 Å². The molecule has 27 heavy (non-hydrogen) atoms. The second-order valence-electron chi connectivity index (χ2n) is 7.74. The fourth-order valence-corrected chi connectivity index (χ4v) is 4.33. The van der Waals surface area contributed by atoms with E-state index in [1.54, 1.807) is 4.68 Å². The zero-order valence-corrected chi connectivity index (χ0v) is 16.5. The van der Waals surface area contributed by atoms with Gasteiger partial charge in [-0.2, -0.15) is 5.10 Å². The summed E-state index contributed by atoms with van der Waals surface area (Å²) in [6, 6.07) is 0. The Morgan fingerprint density at radius 1 is 1.37 bits per heavy atom. The quantitative estimate of drug-likeness (QED) is 0.644. The second kappa shape index (κ2) is 8.25. The number of fused-ring (bicyclic) bond motifs is 1. The molecule has 1 amide bonds. The molecule has 1 fully saturated rings. The number of pyridine rings is 1. The van der Waals surface area contributed by atoms with Crippen molar-refractivity contribution in [2.45, 2.75) is 64.9 Å². The lowest BCUT2D eigenvalue weighted by Crippen LogP contribution is -2.26. The maximum atomic E-state index is 12.4. The van der Waals surface area contributed by atoms with Gasteiger partial charge in [-0.05, 0) is 57.4 Å². The van der Waals surface area contributed by atoms with Gasteiger partial charge in [0.25, 0.3) is 5.56 Å². The molecule has 1 saturated carbocycles. The number of nitrogens with one attached hydrogen (secondary N) is 2. The van der Waals surface area contributed by atoms with Crippen LogP contribution in [0.1, 0.15) is 55.3 Å². The van der Waals surface area contributed by atoms with Crippen LogP contribution in [0.4, 0.5) is 0 Å². The van der Waals surface area contributed by atoms with Gasteiger partial charge in [0.2, 0.25) is 5.91 Å². The van der Waals surface area contributed by atoms with Crippen molar-refractivity contribution in [2.75, 3.05) is 6.54 Å². The first-order valence-corrected chi connectivity index (χ1v) is 9.88. The summed E-state index contributed by atoms with van der Waals surface area (Å²) in [6.07, 6.45) is 5.48. The normalized spacial score (nSPS) is 19.7. The minimum atomic E-state index is -0.166. The summed E-state index contributed by atoms with van der Waals surface area (Å²) >= 11 is 0. The van der Waals surface area contributed by atoms with Crippen LogP contribution in [0.5, 0.6) is 0 Å². The van der Waals surface area contributed by atoms with Crippen LogP contribution in [0.3, 0.4) is 0 Å². The molecule has 1 aliphatic rings. The molecule has 0 unspecified atom stereocenters. The van der Waals surface area contributed by atoms with Crippen molar-refractivity contribution in [3.05, 3.63) is 27.2 Å². The van der Waals surface area contributed by atoms with E-state index in [9.17, 15) is 14.7 Å². The van der Waals surface area contributed by atoms with E-state index in [-0.39, 0.29) is 17.6 Å². The van der Waals surface area contributed by atoms with Gasteiger partial charge >= 0.3 is 0 Å². The fourth-order valence-electron chi connectivity index (χ4n) is 4.33. The van der Waals surface area contributed by atoms with Gasteiger partial charge in [-0.3, -0.25) is 14.3 Å². The molecule has 7 nitrogen and oxygen atoms in total. The number of aliphatic hydroxyl groups is 1. The Kier molecular flexibility index (Phi) is 5.99. The maximum absolute atomic E-state index is 12.4. The molecule has 0 spiro atoms. The van der Waals surface area contributed by atoms with Crippen molar-refractivity contribution < 1.29 is 9.90 Å². The zero-order valence-electron chi connectivity index (χ0n) is 16.5. The highest BCUT2D eigenvalue weighted by Crippen LogP contribution is 2.28. The first-order chi connectivity index (χ1) is 12.9. The number of rotatable bonds is 7. The SMILES string of the molecule is Cc1nn(C)c2[nH]c(=O)c(CCC(=O)NCCC[C@@H]3CCC[C@H]3O)c(C)c12. The molecular weight excluding hydrogens is 344 g/mol. The summed E-state index contributed by atoms with van der Waals surface area (Å²) in [6.45, 7) is 4.47. The summed E-state index contributed by atoms with van der Waals surface area (Å²) in [5, 5.41) is 18.1. The van der Waals surface area contributed by atoms with Crippen molar-refractivity contribution in [3.8, 4) is 0 Å². The van der Waals surface area contributed by atoms with Gasteiger partial charge in [0.1, 0.15) is 5.65 Å². The molecule has 0 aromatic carbocycles. The van der Waals surface area contributed by atoms with E-state index in [0.717, 1.165) is 54.4 Å². The van der Waals surface area contributed by atoms with Gasteiger partial charge in [0, 0.05) is 31.0 Å². The summed E-state index contributed by atoms with van der Waals surface area (Å²) in [5.74, 6) is 0.348. The molecule has 0 saturated heterocycles. The molecule has 2 atom stereocenters. The summed E-state index contributed by atoms with van der Waals surface area (Å²) in [7, 11) is 1.81. The topological polar surface area (TPSA) is 100 Å². The Hall–Kier alpha value is -2.15. The Bertz CT molecular complexity index is 883. The van der Waals surface area contributed by atoms with Crippen molar-refractivity contribution in [1.82, 2.24) is 20.1 Å². The Labute approximate surface area is 159 Å². The fraction of sp³-hybridized carbons (Fsp3) is 0.650. The summed E-state index contributed by atoms with van der Waals surface area (Å²) in [4.78, 5) is 27.4. The van der Waals surface area contributed by atoms with Crippen LogP contribution in [0.2, 0.25) is 0 Å². The molecule has 1 aliphatic carbocycles. The molecule has 3 rings (SSSR count). The number of aryl methyl sites for hydroxylation is 3. The predicted octanol–water partition coefficient (Wildman–Crippen LogP) is 1.87. The van der Waals surface area contributed by atoms with Crippen LogP contribution in [0.15, 0.2) is 4.79 Å². The van der Waals surface area contributed by atoms with Crippen LogP contribution in [0, 0.1) is 19.8 Å². The largest absolute Gasteiger partial charge is 0.393 e. The van der Waals surface area contributed by atoms with E-state index < -0.39 is 0 Å². The second-order valence-corrected chi connectivity index (χ2v) is 7.74. The van der Waals surface area contributed by atoms with Gasteiger partial charge in [-0.25, -0.2) is 0 Å². The summed E-state index contributed by atoms with van der Waals surface area (Å²) in [5.41, 5.74) is 3.01. The molecule has 2 aromatic rings. The highest BCUT2D eigenvalue weighted by molar-refractivity contribution is 5.83. The summed E-state index contributed by atoms with van der Waals surface area (Å²) < 4.78 is 1.68. The van der Waals surface area contributed by atoms with Gasteiger partial charge in [0.05, 0.1) is 11.8 Å². The predicted molar refractivity (Wildman–Crippen MR) is 105 cm³/mol. The first kappa shape index (κ1) is 19.6. The average Bonchev–Trinajstić information content (AvgIpc) is 3.14. The van der Waals surface area contributed by atoms with Crippen molar-refractivity contribution >= 4 is 16.9 Å². The number of hydrogen-bond donors (Lipinski definition) is 3. The number of aromatic nitrogens is 3. The van der Waals surface area contributed by atoms with E-state index in [4.69, 9.17) is 0 Å². The monoisotopic (exact) mass is 374 g/mol. The van der Waals surface area contributed by atoms with Gasteiger partial charge < -0.3 is 15.4 Å². The molecule has 2 aromatic heterocycles. The molecule has 2 heterocycles. The Morgan fingerprint density at radius 2 is 2.15 bits per heavy atom. The van der Waals surface area contributed by atoms with Crippen molar-refractivity contribution in [2.24, 2.45) is 13.0 Å². The van der Waals surface area contributed by atoms with Crippen molar-refractivity contribution in [1.29, 1.82) is 0 Å². The lowest BCUT2D eigenvalue weighted by Gasteiger charge is -2.14. The Morgan fingerprint density at radius 3 is 2.85 bits per heavy atom. The smallest absolute Gasteiger partial charge is 0.253 e. The number of hydrogen-bond acceptors (Lipinski definition) is 4. The third-order valence-electron chi connectivity index (χ3n) is 5.85. The number of aromatic amines is 1. The lowest BCUT2D eigenvalue weighted by atomic mass is 9.99. The molecule has 0 aliphatic heterocycles. The van der Waals surface area contributed by atoms with Crippen LogP contribution >= 0.6 is 0 Å². The van der Waals surface area contributed by atoms with E-state index in [1.807, 2.05) is 20.9 Å². The molecule has 3 N–H and O–H groups in total. The van der Waals surface area contributed by atoms with Crippen molar-refractivity contribution in [3.63, 3.8) is 0 Å². The number of nitrogens with zero attached hydrogens (tertiary/aromatic N) is 2.